The number of likely N-dealkylation sites (tertiary alicyclic amines) is 1. The molecule has 1 unspecified atom stereocenters. The summed E-state index contributed by atoms with van der Waals surface area (Å²) in [7, 11) is 3.29. The van der Waals surface area contributed by atoms with Crippen LogP contribution in [-0.2, 0) is 9.59 Å². The molecule has 3 heterocycles. The van der Waals surface area contributed by atoms with Gasteiger partial charge in [0.1, 0.15) is 23.9 Å². The van der Waals surface area contributed by atoms with Gasteiger partial charge in [-0.3, -0.25) is 14.5 Å². The minimum atomic E-state index is -0.329. The molecule has 1 aromatic heterocycles. The Bertz CT molecular complexity index is 1650. The number of methoxy groups -OCH3 is 2. The third-order valence-corrected chi connectivity index (χ3v) is 9.80. The molecule has 44 heavy (non-hydrogen) atoms. The molecule has 0 N–H and O–H groups in total. The number of nitrogens with zero attached hydrogens (tertiary/aromatic N) is 4. The van der Waals surface area contributed by atoms with E-state index in [-0.39, 0.29) is 29.4 Å². The number of thioether (sulfide) groups is 1. The lowest BCUT2D eigenvalue weighted by atomic mass is 9.98. The second kappa shape index (κ2) is 12.8. The molecular formula is C35H38N4O4S. The van der Waals surface area contributed by atoms with Crippen molar-refractivity contribution in [3.8, 4) is 28.4 Å². The molecule has 1 saturated heterocycles. The predicted molar refractivity (Wildman–Crippen MR) is 175 cm³/mol. The van der Waals surface area contributed by atoms with Crippen molar-refractivity contribution >= 4 is 29.4 Å². The van der Waals surface area contributed by atoms with E-state index in [9.17, 15) is 9.59 Å². The Balaban J connectivity index is 1.59. The van der Waals surface area contributed by atoms with Crippen molar-refractivity contribution in [2.75, 3.05) is 44.5 Å². The highest BCUT2D eigenvalue weighted by Crippen LogP contribution is 2.51. The number of fused-ring (bicyclic) bond motifs is 1. The van der Waals surface area contributed by atoms with Crippen molar-refractivity contribution in [3.63, 3.8) is 0 Å². The van der Waals surface area contributed by atoms with Gasteiger partial charge in [-0.15, -0.1) is 11.8 Å². The van der Waals surface area contributed by atoms with E-state index in [0.29, 0.717) is 36.3 Å². The third-order valence-electron chi connectivity index (χ3n) is 8.56. The first-order valence-corrected chi connectivity index (χ1v) is 16.1. The number of ether oxygens (including phenoxy) is 2. The lowest BCUT2D eigenvalue weighted by Crippen LogP contribution is -2.46. The Morgan fingerprint density at radius 1 is 0.977 bits per heavy atom. The molecule has 0 saturated carbocycles. The van der Waals surface area contributed by atoms with Gasteiger partial charge in [-0.05, 0) is 56.0 Å². The van der Waals surface area contributed by atoms with E-state index in [1.54, 1.807) is 19.1 Å². The minimum absolute atomic E-state index is 0.0449. The summed E-state index contributed by atoms with van der Waals surface area (Å²) in [5, 5.41) is 4.88. The quantitative estimate of drug-likeness (QED) is 0.245. The smallest absolute Gasteiger partial charge is 0.242 e. The average molecular weight is 611 g/mol. The Labute approximate surface area is 263 Å². The molecule has 228 valence electrons. The van der Waals surface area contributed by atoms with Crippen molar-refractivity contribution in [3.05, 3.63) is 89.5 Å². The van der Waals surface area contributed by atoms with Crippen molar-refractivity contribution in [2.45, 2.75) is 31.9 Å². The standard InChI is InChI=1S/C35H38N4O4S/c1-23-10-12-26(13-11-23)39-35-32(33(36-39)25-8-6-5-7-9-25)34(28-20-27(42-3)14-15-29(28)43-4)44-22-31(41)38(35)21-30(40)37-18-16-24(2)17-19-37/h5-15,20,24,34H,16-19,21-22H2,1-4H3. The summed E-state index contributed by atoms with van der Waals surface area (Å²) in [4.78, 5) is 31.5. The van der Waals surface area contributed by atoms with Gasteiger partial charge in [0.15, 0.2) is 0 Å². The van der Waals surface area contributed by atoms with Crippen LogP contribution in [0.15, 0.2) is 72.8 Å². The zero-order valence-corrected chi connectivity index (χ0v) is 26.5. The van der Waals surface area contributed by atoms with Gasteiger partial charge in [-0.1, -0.05) is 55.0 Å². The van der Waals surface area contributed by atoms with Gasteiger partial charge >= 0.3 is 0 Å². The van der Waals surface area contributed by atoms with Crippen LogP contribution in [0.25, 0.3) is 16.9 Å². The number of aryl methyl sites for hydroxylation is 1. The van der Waals surface area contributed by atoms with Gasteiger partial charge in [0, 0.05) is 29.8 Å². The van der Waals surface area contributed by atoms with E-state index < -0.39 is 0 Å². The molecule has 9 heteroatoms. The third kappa shape index (κ3) is 5.80. The van der Waals surface area contributed by atoms with Crippen LogP contribution in [0.4, 0.5) is 5.82 Å². The molecule has 4 aromatic rings. The summed E-state index contributed by atoms with van der Waals surface area (Å²) in [5.41, 5.74) is 5.35. The fourth-order valence-electron chi connectivity index (χ4n) is 5.98. The fraction of sp³-hybridized carbons (Fsp3) is 0.343. The number of piperidine rings is 1. The molecule has 3 aromatic carbocycles. The Morgan fingerprint density at radius 3 is 2.39 bits per heavy atom. The van der Waals surface area contributed by atoms with Crippen molar-refractivity contribution in [2.24, 2.45) is 5.92 Å². The number of amides is 2. The Kier molecular flexibility index (Phi) is 8.66. The molecular weight excluding hydrogens is 572 g/mol. The topological polar surface area (TPSA) is 76.9 Å². The molecule has 0 radical (unpaired) electrons. The van der Waals surface area contributed by atoms with Crippen LogP contribution < -0.4 is 14.4 Å². The zero-order valence-electron chi connectivity index (χ0n) is 25.7. The zero-order chi connectivity index (χ0) is 30.8. The molecule has 0 aliphatic carbocycles. The largest absolute Gasteiger partial charge is 0.497 e. The Morgan fingerprint density at radius 2 is 1.70 bits per heavy atom. The van der Waals surface area contributed by atoms with Gasteiger partial charge < -0.3 is 14.4 Å². The fourth-order valence-corrected chi connectivity index (χ4v) is 7.19. The maximum absolute atomic E-state index is 14.1. The van der Waals surface area contributed by atoms with Crippen molar-refractivity contribution in [1.82, 2.24) is 14.7 Å². The number of carbonyl (C=O) groups excluding carboxylic acids is 2. The van der Waals surface area contributed by atoms with Crippen LogP contribution in [0, 0.1) is 12.8 Å². The van der Waals surface area contributed by atoms with Crippen molar-refractivity contribution < 1.29 is 19.1 Å². The summed E-state index contributed by atoms with van der Waals surface area (Å²) >= 11 is 1.52. The molecule has 2 amide bonds. The normalized spacial score (nSPS) is 17.3. The Hall–Kier alpha value is -4.24. The first-order chi connectivity index (χ1) is 21.4. The summed E-state index contributed by atoms with van der Waals surface area (Å²) in [6.07, 6.45) is 1.94. The first kappa shape index (κ1) is 29.8. The highest BCUT2D eigenvalue weighted by atomic mass is 32.2. The van der Waals surface area contributed by atoms with Crippen molar-refractivity contribution in [1.29, 1.82) is 0 Å². The van der Waals surface area contributed by atoms with E-state index >= 15 is 0 Å². The lowest BCUT2D eigenvalue weighted by Gasteiger charge is -2.32. The summed E-state index contributed by atoms with van der Waals surface area (Å²) in [5.74, 6) is 2.59. The van der Waals surface area contributed by atoms with E-state index in [1.165, 1.54) is 11.8 Å². The molecule has 0 bridgehead atoms. The lowest BCUT2D eigenvalue weighted by molar-refractivity contribution is -0.132. The predicted octanol–water partition coefficient (Wildman–Crippen LogP) is 6.29. The van der Waals surface area contributed by atoms with E-state index in [0.717, 1.165) is 46.5 Å². The first-order valence-electron chi connectivity index (χ1n) is 15.0. The monoisotopic (exact) mass is 610 g/mol. The molecule has 2 aliphatic rings. The second-order valence-electron chi connectivity index (χ2n) is 11.5. The number of hydrogen-bond acceptors (Lipinski definition) is 6. The molecule has 2 aliphatic heterocycles. The van der Waals surface area contributed by atoms with E-state index in [1.807, 2.05) is 89.3 Å². The maximum atomic E-state index is 14.1. The molecule has 8 nitrogen and oxygen atoms in total. The summed E-state index contributed by atoms with van der Waals surface area (Å²) in [6.45, 7) is 5.63. The average Bonchev–Trinajstić information content (AvgIpc) is 3.38. The van der Waals surface area contributed by atoms with Crippen LogP contribution in [0.5, 0.6) is 11.5 Å². The van der Waals surface area contributed by atoms with Crippen LogP contribution >= 0.6 is 11.8 Å². The van der Waals surface area contributed by atoms with Gasteiger partial charge in [0.2, 0.25) is 11.8 Å². The highest BCUT2D eigenvalue weighted by molar-refractivity contribution is 8.00. The number of anilines is 1. The molecule has 0 spiro atoms. The van der Waals surface area contributed by atoms with Crippen LogP contribution in [0.2, 0.25) is 0 Å². The molecule has 1 fully saturated rings. The molecule has 1 atom stereocenters. The van der Waals surface area contributed by atoms with Gasteiger partial charge in [-0.2, -0.15) is 5.10 Å². The van der Waals surface area contributed by atoms with Crippen LogP contribution in [0.1, 0.15) is 41.7 Å². The maximum Gasteiger partial charge on any atom is 0.242 e. The van der Waals surface area contributed by atoms with Gasteiger partial charge in [0.25, 0.3) is 0 Å². The highest BCUT2D eigenvalue weighted by Gasteiger charge is 2.39. The number of hydrogen-bond donors (Lipinski definition) is 0. The summed E-state index contributed by atoms with van der Waals surface area (Å²) in [6, 6.07) is 23.8. The number of benzene rings is 3. The van der Waals surface area contributed by atoms with Crippen LogP contribution in [0.3, 0.4) is 0 Å². The number of rotatable bonds is 7. The SMILES string of the molecule is COc1ccc(OC)c(C2SCC(=O)N(CC(=O)N3CCC(C)CC3)c3c2c(-c2ccccc2)nn3-c2ccc(C)cc2)c1. The van der Waals surface area contributed by atoms with Gasteiger partial charge in [0.05, 0.1) is 36.6 Å². The summed E-state index contributed by atoms with van der Waals surface area (Å²) < 4.78 is 13.3. The number of carbonyl (C=O) groups is 2. The molecule has 6 rings (SSSR count). The van der Waals surface area contributed by atoms with E-state index in [2.05, 4.69) is 6.92 Å². The van der Waals surface area contributed by atoms with Gasteiger partial charge in [-0.25, -0.2) is 4.68 Å². The second-order valence-corrected chi connectivity index (χ2v) is 12.6. The van der Waals surface area contributed by atoms with E-state index in [4.69, 9.17) is 14.6 Å². The minimum Gasteiger partial charge on any atom is -0.497 e. The number of aromatic nitrogens is 2. The van der Waals surface area contributed by atoms with Crippen LogP contribution in [-0.4, -0.2) is 66.1 Å².